The molecule has 22 heavy (non-hydrogen) atoms. The van der Waals surface area contributed by atoms with Gasteiger partial charge in [0, 0.05) is 0 Å². The second-order valence-electron chi connectivity index (χ2n) is 7.42. The van der Waals surface area contributed by atoms with Crippen LogP contribution in [-0.2, 0) is 10.2 Å². The maximum absolute atomic E-state index is 6.09. The van der Waals surface area contributed by atoms with Gasteiger partial charge in [0.05, 0.1) is 11.0 Å². The van der Waals surface area contributed by atoms with Crippen molar-refractivity contribution in [3.05, 3.63) is 41.5 Å². The van der Waals surface area contributed by atoms with Gasteiger partial charge in [-0.05, 0) is 44.2 Å². The molecule has 1 aromatic rings. The monoisotopic (exact) mass is 297 g/mol. The van der Waals surface area contributed by atoms with Gasteiger partial charge in [0.2, 0.25) is 0 Å². The normalized spacial score (nSPS) is 28.9. The molecule has 0 radical (unpaired) electrons. The number of fused-ring (bicyclic) bond motifs is 1. The smallest absolute Gasteiger partial charge is 0.195 e. The summed E-state index contributed by atoms with van der Waals surface area (Å²) in [5.41, 5.74) is 2.40. The van der Waals surface area contributed by atoms with E-state index in [1.165, 1.54) is 30.4 Å². The fourth-order valence-electron chi connectivity index (χ4n) is 3.66. The van der Waals surface area contributed by atoms with Crippen molar-refractivity contribution >= 4 is 12.0 Å². The van der Waals surface area contributed by atoms with Crippen molar-refractivity contribution in [3.8, 4) is 0 Å². The molecule has 118 valence electrons. The molecule has 1 aromatic carbocycles. The molecule has 2 heteroatoms. The van der Waals surface area contributed by atoms with Crippen molar-refractivity contribution in [2.75, 3.05) is 6.61 Å². The number of nitrogens with zero attached hydrogens (tertiary/aromatic N) is 1. The molecule has 0 N–H and O–H groups in total. The van der Waals surface area contributed by atoms with Gasteiger partial charge < -0.3 is 4.74 Å². The van der Waals surface area contributed by atoms with Crippen LogP contribution in [0.15, 0.2) is 35.3 Å². The van der Waals surface area contributed by atoms with E-state index in [-0.39, 0.29) is 11.0 Å². The predicted molar refractivity (Wildman–Crippen MR) is 93.3 cm³/mol. The number of hydrogen-bond acceptors (Lipinski definition) is 2. The lowest BCUT2D eigenvalue weighted by Gasteiger charge is -2.39. The van der Waals surface area contributed by atoms with Gasteiger partial charge in [0.25, 0.3) is 0 Å². The predicted octanol–water partition coefficient (Wildman–Crippen LogP) is 4.98. The highest BCUT2D eigenvalue weighted by Gasteiger charge is 2.46. The Bertz CT molecular complexity index is 614. The summed E-state index contributed by atoms with van der Waals surface area (Å²) < 4.78 is 6.09. The first-order chi connectivity index (χ1) is 10.5. The summed E-state index contributed by atoms with van der Waals surface area (Å²) >= 11 is 0. The minimum absolute atomic E-state index is 0.107. The van der Waals surface area contributed by atoms with Crippen LogP contribution in [0.1, 0.15) is 58.1 Å². The Labute approximate surface area is 134 Å². The molecule has 1 heterocycles. The number of benzene rings is 1. The average Bonchev–Trinajstić information content (AvgIpc) is 2.87. The number of allylic oxidation sites excluding steroid dienone is 1. The third kappa shape index (κ3) is 2.49. The minimum atomic E-state index is -0.145. The second-order valence-corrected chi connectivity index (χ2v) is 7.42. The van der Waals surface area contributed by atoms with Gasteiger partial charge in [-0.15, -0.1) is 0 Å². The molecule has 0 saturated carbocycles. The SMILES string of the molecule is CCCC[C@H]1C=Cc2ccccc2[C@@]1(C)C1=NC(C)(C)CO1. The van der Waals surface area contributed by atoms with Crippen LogP contribution in [-0.4, -0.2) is 18.0 Å². The molecule has 0 bridgehead atoms. The first kappa shape index (κ1) is 15.3. The van der Waals surface area contributed by atoms with E-state index in [1.54, 1.807) is 0 Å². The number of rotatable bonds is 4. The van der Waals surface area contributed by atoms with Crippen LogP contribution in [0.2, 0.25) is 0 Å². The van der Waals surface area contributed by atoms with Gasteiger partial charge in [-0.1, -0.05) is 56.2 Å². The summed E-state index contributed by atoms with van der Waals surface area (Å²) in [5, 5.41) is 0. The van der Waals surface area contributed by atoms with E-state index in [9.17, 15) is 0 Å². The zero-order chi connectivity index (χ0) is 15.8. The summed E-state index contributed by atoms with van der Waals surface area (Å²) in [4.78, 5) is 4.93. The topological polar surface area (TPSA) is 21.6 Å². The van der Waals surface area contributed by atoms with Gasteiger partial charge in [0.15, 0.2) is 5.90 Å². The van der Waals surface area contributed by atoms with Gasteiger partial charge >= 0.3 is 0 Å². The lowest BCUT2D eigenvalue weighted by molar-refractivity contribution is 0.247. The van der Waals surface area contributed by atoms with Crippen molar-refractivity contribution in [2.45, 2.75) is 57.9 Å². The summed E-state index contributed by atoms with van der Waals surface area (Å²) in [6.07, 6.45) is 8.29. The molecule has 2 aliphatic rings. The molecule has 0 saturated heterocycles. The Balaban J connectivity index is 2.08. The van der Waals surface area contributed by atoms with Crippen molar-refractivity contribution < 1.29 is 4.74 Å². The van der Waals surface area contributed by atoms with Crippen LogP contribution in [0.5, 0.6) is 0 Å². The summed E-state index contributed by atoms with van der Waals surface area (Å²) in [6.45, 7) is 9.55. The van der Waals surface area contributed by atoms with Gasteiger partial charge in [-0.3, -0.25) is 0 Å². The Morgan fingerprint density at radius 1 is 1.23 bits per heavy atom. The molecule has 2 nitrogen and oxygen atoms in total. The second kappa shape index (κ2) is 5.57. The van der Waals surface area contributed by atoms with Crippen LogP contribution in [0.3, 0.4) is 0 Å². The van der Waals surface area contributed by atoms with E-state index in [4.69, 9.17) is 9.73 Å². The highest BCUT2D eigenvalue weighted by molar-refractivity contribution is 5.92. The fourth-order valence-corrected chi connectivity index (χ4v) is 3.66. The number of ether oxygens (including phenoxy) is 1. The number of aliphatic imine (C=N–C) groups is 1. The Morgan fingerprint density at radius 2 is 2.00 bits per heavy atom. The highest BCUT2D eigenvalue weighted by atomic mass is 16.5. The van der Waals surface area contributed by atoms with Crippen molar-refractivity contribution in [2.24, 2.45) is 10.9 Å². The summed E-state index contributed by atoms with van der Waals surface area (Å²) in [6, 6.07) is 8.68. The van der Waals surface area contributed by atoms with Crippen LogP contribution in [0.4, 0.5) is 0 Å². The lowest BCUT2D eigenvalue weighted by atomic mass is 9.65. The van der Waals surface area contributed by atoms with E-state index < -0.39 is 0 Å². The van der Waals surface area contributed by atoms with Crippen molar-refractivity contribution in [3.63, 3.8) is 0 Å². The first-order valence-corrected chi connectivity index (χ1v) is 8.48. The molecule has 0 unspecified atom stereocenters. The lowest BCUT2D eigenvalue weighted by Crippen LogP contribution is -2.42. The molecule has 0 aromatic heterocycles. The summed E-state index contributed by atoms with van der Waals surface area (Å²) in [5.74, 6) is 1.38. The molecule has 0 fully saturated rings. The fraction of sp³-hybridized carbons (Fsp3) is 0.550. The molecular weight excluding hydrogens is 270 g/mol. The molecule has 0 spiro atoms. The Hall–Kier alpha value is -1.57. The minimum Gasteiger partial charge on any atom is -0.478 e. The largest absolute Gasteiger partial charge is 0.478 e. The molecule has 2 atom stereocenters. The highest BCUT2D eigenvalue weighted by Crippen LogP contribution is 2.45. The van der Waals surface area contributed by atoms with E-state index in [0.29, 0.717) is 12.5 Å². The standard InChI is InChI=1S/C20H27NO/c1-5-6-10-16-13-12-15-9-7-8-11-17(15)20(16,4)18-21-19(2,3)14-22-18/h7-9,11-13,16H,5-6,10,14H2,1-4H3/t16-,20-/m0/s1. The van der Waals surface area contributed by atoms with E-state index >= 15 is 0 Å². The molecule has 1 aliphatic heterocycles. The van der Waals surface area contributed by atoms with Crippen LogP contribution in [0.25, 0.3) is 6.08 Å². The van der Waals surface area contributed by atoms with Crippen molar-refractivity contribution in [1.82, 2.24) is 0 Å². The van der Waals surface area contributed by atoms with Crippen LogP contribution < -0.4 is 0 Å². The average molecular weight is 297 g/mol. The Kier molecular flexibility index (Phi) is 3.88. The first-order valence-electron chi connectivity index (χ1n) is 8.48. The van der Waals surface area contributed by atoms with Gasteiger partial charge in [0.1, 0.15) is 6.61 Å². The quantitative estimate of drug-likeness (QED) is 0.767. The van der Waals surface area contributed by atoms with Crippen molar-refractivity contribution in [1.29, 1.82) is 0 Å². The number of unbranched alkanes of at least 4 members (excludes halogenated alkanes) is 1. The van der Waals surface area contributed by atoms with Gasteiger partial charge in [-0.25, -0.2) is 4.99 Å². The molecule has 3 rings (SSSR count). The van der Waals surface area contributed by atoms with E-state index in [1.807, 2.05) is 0 Å². The molecular formula is C20H27NO. The van der Waals surface area contributed by atoms with Gasteiger partial charge in [-0.2, -0.15) is 0 Å². The third-order valence-electron chi connectivity index (χ3n) is 5.05. The van der Waals surface area contributed by atoms with Crippen LogP contribution >= 0.6 is 0 Å². The molecule has 1 aliphatic carbocycles. The van der Waals surface area contributed by atoms with Crippen LogP contribution in [0, 0.1) is 5.92 Å². The van der Waals surface area contributed by atoms with E-state index in [2.05, 4.69) is 64.1 Å². The maximum Gasteiger partial charge on any atom is 0.195 e. The number of hydrogen-bond donors (Lipinski definition) is 0. The molecule has 0 amide bonds. The van der Waals surface area contributed by atoms with E-state index in [0.717, 1.165) is 5.90 Å². The zero-order valence-electron chi connectivity index (χ0n) is 14.2. The summed E-state index contributed by atoms with van der Waals surface area (Å²) in [7, 11) is 0. The zero-order valence-corrected chi connectivity index (χ0v) is 14.2. The Morgan fingerprint density at radius 3 is 2.68 bits per heavy atom. The maximum atomic E-state index is 6.09. The third-order valence-corrected chi connectivity index (χ3v) is 5.05.